The number of hydrogen-bond donors (Lipinski definition) is 2. The molecule has 0 fully saturated rings. The van der Waals surface area contributed by atoms with E-state index in [0.717, 1.165) is 17.2 Å². The zero-order chi connectivity index (χ0) is 19.9. The summed E-state index contributed by atoms with van der Waals surface area (Å²) in [5.74, 6) is 0.119. The zero-order valence-corrected chi connectivity index (χ0v) is 16.1. The Labute approximate surface area is 164 Å². The molecule has 0 aliphatic rings. The highest BCUT2D eigenvalue weighted by Gasteiger charge is 2.15. The minimum Gasteiger partial charge on any atom is -0.483 e. The SMILES string of the molecule is CC[C@H](C)NC(=O)c1ccccc1NC(=O)COc1cccc2ccccc12. The summed E-state index contributed by atoms with van der Waals surface area (Å²) in [5, 5.41) is 7.69. The van der Waals surface area contributed by atoms with Crippen molar-refractivity contribution in [3.63, 3.8) is 0 Å². The first-order valence-electron chi connectivity index (χ1n) is 9.38. The van der Waals surface area contributed by atoms with Gasteiger partial charge in [-0.25, -0.2) is 0 Å². The van der Waals surface area contributed by atoms with E-state index in [2.05, 4.69) is 10.6 Å². The largest absolute Gasteiger partial charge is 0.483 e. The summed E-state index contributed by atoms with van der Waals surface area (Å²) >= 11 is 0. The fourth-order valence-electron chi connectivity index (χ4n) is 2.84. The first-order chi connectivity index (χ1) is 13.6. The lowest BCUT2D eigenvalue weighted by molar-refractivity contribution is -0.118. The molecule has 144 valence electrons. The van der Waals surface area contributed by atoms with Crippen molar-refractivity contribution >= 4 is 28.3 Å². The lowest BCUT2D eigenvalue weighted by atomic mass is 10.1. The molecule has 2 N–H and O–H groups in total. The highest BCUT2D eigenvalue weighted by atomic mass is 16.5. The third-order valence-corrected chi connectivity index (χ3v) is 4.54. The molecule has 5 nitrogen and oxygen atoms in total. The normalized spacial score (nSPS) is 11.6. The van der Waals surface area contributed by atoms with E-state index in [0.29, 0.717) is 17.0 Å². The zero-order valence-electron chi connectivity index (χ0n) is 16.1. The van der Waals surface area contributed by atoms with Crippen LogP contribution in [0.5, 0.6) is 5.75 Å². The van der Waals surface area contributed by atoms with Crippen molar-refractivity contribution < 1.29 is 14.3 Å². The van der Waals surface area contributed by atoms with Gasteiger partial charge in [-0.15, -0.1) is 0 Å². The Bertz CT molecular complexity index is 979. The summed E-state index contributed by atoms with van der Waals surface area (Å²) in [6.45, 7) is 3.80. The Balaban J connectivity index is 1.68. The van der Waals surface area contributed by atoms with Gasteiger partial charge in [0.2, 0.25) is 0 Å². The van der Waals surface area contributed by atoms with Crippen LogP contribution in [-0.2, 0) is 4.79 Å². The highest BCUT2D eigenvalue weighted by Crippen LogP contribution is 2.25. The monoisotopic (exact) mass is 376 g/mol. The topological polar surface area (TPSA) is 67.4 Å². The summed E-state index contributed by atoms with van der Waals surface area (Å²) in [6, 6.07) is 20.6. The predicted molar refractivity (Wildman–Crippen MR) is 112 cm³/mol. The second kappa shape index (κ2) is 9.04. The van der Waals surface area contributed by atoms with Crippen molar-refractivity contribution in [3.05, 3.63) is 72.3 Å². The molecule has 0 saturated heterocycles. The van der Waals surface area contributed by atoms with Gasteiger partial charge in [0.15, 0.2) is 6.61 Å². The number of hydrogen-bond acceptors (Lipinski definition) is 3. The van der Waals surface area contributed by atoms with E-state index >= 15 is 0 Å². The number of fused-ring (bicyclic) bond motifs is 1. The molecule has 0 aromatic heterocycles. The molecule has 0 aliphatic carbocycles. The van der Waals surface area contributed by atoms with Crippen molar-refractivity contribution in [2.45, 2.75) is 26.3 Å². The first-order valence-corrected chi connectivity index (χ1v) is 9.38. The smallest absolute Gasteiger partial charge is 0.262 e. The van der Waals surface area contributed by atoms with Gasteiger partial charge in [0.05, 0.1) is 11.3 Å². The van der Waals surface area contributed by atoms with Gasteiger partial charge in [-0.1, -0.05) is 55.5 Å². The third-order valence-electron chi connectivity index (χ3n) is 4.54. The molecule has 2 amide bonds. The number of ether oxygens (including phenoxy) is 1. The Morgan fingerprint density at radius 1 is 0.964 bits per heavy atom. The predicted octanol–water partition coefficient (Wildman–Crippen LogP) is 4.39. The number of rotatable bonds is 7. The fraction of sp³-hybridized carbons (Fsp3) is 0.217. The van der Waals surface area contributed by atoms with Crippen LogP contribution in [0.15, 0.2) is 66.7 Å². The number of benzene rings is 3. The van der Waals surface area contributed by atoms with Crippen molar-refractivity contribution in [2.24, 2.45) is 0 Å². The van der Waals surface area contributed by atoms with E-state index in [-0.39, 0.29) is 24.5 Å². The maximum Gasteiger partial charge on any atom is 0.262 e. The van der Waals surface area contributed by atoms with Crippen LogP contribution in [-0.4, -0.2) is 24.5 Å². The molecule has 0 aliphatic heterocycles. The number of amides is 2. The number of anilines is 1. The van der Waals surface area contributed by atoms with Gasteiger partial charge in [-0.3, -0.25) is 9.59 Å². The Hall–Kier alpha value is -3.34. The summed E-state index contributed by atoms with van der Waals surface area (Å²) in [7, 11) is 0. The van der Waals surface area contributed by atoms with Crippen molar-refractivity contribution in [3.8, 4) is 5.75 Å². The van der Waals surface area contributed by atoms with Gasteiger partial charge in [-0.05, 0) is 36.9 Å². The quantitative estimate of drug-likeness (QED) is 0.643. The molecule has 5 heteroatoms. The van der Waals surface area contributed by atoms with Crippen LogP contribution in [0.3, 0.4) is 0 Å². The van der Waals surface area contributed by atoms with E-state index in [9.17, 15) is 9.59 Å². The average Bonchev–Trinajstić information content (AvgIpc) is 2.72. The van der Waals surface area contributed by atoms with E-state index in [4.69, 9.17) is 4.74 Å². The Kier molecular flexibility index (Phi) is 6.27. The average molecular weight is 376 g/mol. The molecule has 0 bridgehead atoms. The molecule has 0 saturated carbocycles. The summed E-state index contributed by atoms with van der Waals surface area (Å²) < 4.78 is 5.72. The van der Waals surface area contributed by atoms with Crippen LogP contribution in [0.4, 0.5) is 5.69 Å². The molecule has 28 heavy (non-hydrogen) atoms. The molecule has 3 aromatic rings. The minimum atomic E-state index is -0.322. The van der Waals surface area contributed by atoms with Crippen LogP contribution >= 0.6 is 0 Å². The van der Waals surface area contributed by atoms with Crippen LogP contribution in [0.25, 0.3) is 10.8 Å². The van der Waals surface area contributed by atoms with Gasteiger partial charge in [0.1, 0.15) is 5.75 Å². The van der Waals surface area contributed by atoms with Crippen LogP contribution in [0.1, 0.15) is 30.6 Å². The molecule has 3 rings (SSSR count). The van der Waals surface area contributed by atoms with Gasteiger partial charge < -0.3 is 15.4 Å². The molecular formula is C23H24N2O3. The lowest BCUT2D eigenvalue weighted by Crippen LogP contribution is -2.33. The van der Waals surface area contributed by atoms with Gasteiger partial charge in [0.25, 0.3) is 11.8 Å². The maximum absolute atomic E-state index is 12.4. The number of nitrogens with one attached hydrogen (secondary N) is 2. The van der Waals surface area contributed by atoms with E-state index < -0.39 is 0 Å². The van der Waals surface area contributed by atoms with E-state index in [1.165, 1.54) is 0 Å². The second-order valence-electron chi connectivity index (χ2n) is 6.64. The molecule has 3 aromatic carbocycles. The van der Waals surface area contributed by atoms with Crippen LogP contribution < -0.4 is 15.4 Å². The summed E-state index contributed by atoms with van der Waals surface area (Å²) in [6.07, 6.45) is 0.832. The molecular weight excluding hydrogens is 352 g/mol. The van der Waals surface area contributed by atoms with Crippen molar-refractivity contribution in [1.29, 1.82) is 0 Å². The summed E-state index contributed by atoms with van der Waals surface area (Å²) in [5.41, 5.74) is 0.899. The van der Waals surface area contributed by atoms with Crippen molar-refractivity contribution in [1.82, 2.24) is 5.32 Å². The van der Waals surface area contributed by atoms with E-state index in [1.807, 2.05) is 56.3 Å². The van der Waals surface area contributed by atoms with Crippen molar-refractivity contribution in [2.75, 3.05) is 11.9 Å². The fourth-order valence-corrected chi connectivity index (χ4v) is 2.84. The molecule has 1 atom stereocenters. The number of carbonyl (C=O) groups is 2. The van der Waals surface area contributed by atoms with E-state index in [1.54, 1.807) is 24.3 Å². The van der Waals surface area contributed by atoms with Gasteiger partial charge in [0, 0.05) is 11.4 Å². The Morgan fingerprint density at radius 2 is 1.68 bits per heavy atom. The van der Waals surface area contributed by atoms with Gasteiger partial charge in [-0.2, -0.15) is 0 Å². The number of carbonyl (C=O) groups excluding carboxylic acids is 2. The Morgan fingerprint density at radius 3 is 2.50 bits per heavy atom. The first kappa shape index (κ1) is 19.4. The minimum absolute atomic E-state index is 0.0611. The maximum atomic E-state index is 12.4. The standard InChI is InChI=1S/C23H24N2O3/c1-3-16(2)24-23(27)19-12-6-7-13-20(19)25-22(26)15-28-21-14-8-10-17-9-4-5-11-18(17)21/h4-14,16H,3,15H2,1-2H3,(H,24,27)(H,25,26)/t16-/m0/s1. The summed E-state index contributed by atoms with van der Waals surface area (Å²) in [4.78, 5) is 24.9. The molecule has 0 unspecified atom stereocenters. The lowest BCUT2D eigenvalue weighted by Gasteiger charge is -2.15. The molecule has 0 heterocycles. The molecule has 0 radical (unpaired) electrons. The number of para-hydroxylation sites is 1. The second-order valence-corrected chi connectivity index (χ2v) is 6.64. The van der Waals surface area contributed by atoms with Gasteiger partial charge >= 0.3 is 0 Å². The van der Waals surface area contributed by atoms with Crippen LogP contribution in [0.2, 0.25) is 0 Å². The highest BCUT2D eigenvalue weighted by molar-refractivity contribution is 6.04. The molecule has 0 spiro atoms. The third kappa shape index (κ3) is 4.68. The van der Waals surface area contributed by atoms with Crippen LogP contribution in [0, 0.1) is 0 Å².